The van der Waals surface area contributed by atoms with Crippen LogP contribution in [0, 0.1) is 0 Å². The number of nitrogens with zero attached hydrogens (tertiary/aromatic N) is 1. The summed E-state index contributed by atoms with van der Waals surface area (Å²) in [6.45, 7) is 4.31. The molecule has 128 valence electrons. The van der Waals surface area contributed by atoms with Crippen LogP contribution in [0.5, 0.6) is 0 Å². The molecule has 1 amide bonds. The van der Waals surface area contributed by atoms with E-state index in [4.69, 9.17) is 4.55 Å². The highest BCUT2D eigenvalue weighted by atomic mass is 32.2. The van der Waals surface area contributed by atoms with Gasteiger partial charge in [0.15, 0.2) is 0 Å². The standard InChI is InChI=1S/C18H21NO4S/c1-18(2)16-14-8-4-3-7-13(14)9-10-15(16)19(17(18)20)11-5-6-12-24(21,22)23/h3-4,7-10H,5-6,11-12H2,1-2H3,(H,21,22,23). The summed E-state index contributed by atoms with van der Waals surface area (Å²) in [4.78, 5) is 14.6. The van der Waals surface area contributed by atoms with Crippen molar-refractivity contribution in [2.75, 3.05) is 17.2 Å². The molecule has 2 aromatic rings. The third-order valence-corrected chi connectivity index (χ3v) is 5.44. The minimum absolute atomic E-state index is 0.0284. The second kappa shape index (κ2) is 5.86. The minimum Gasteiger partial charge on any atom is -0.311 e. The smallest absolute Gasteiger partial charge is 0.264 e. The Balaban J connectivity index is 1.92. The van der Waals surface area contributed by atoms with Crippen LogP contribution in [0.2, 0.25) is 0 Å². The maximum Gasteiger partial charge on any atom is 0.264 e. The van der Waals surface area contributed by atoms with Gasteiger partial charge in [0, 0.05) is 12.2 Å². The Labute approximate surface area is 142 Å². The molecule has 5 nitrogen and oxygen atoms in total. The number of carbonyl (C=O) groups is 1. The van der Waals surface area contributed by atoms with Crippen molar-refractivity contribution in [3.8, 4) is 0 Å². The Morgan fingerprint density at radius 1 is 1.08 bits per heavy atom. The van der Waals surface area contributed by atoms with Crippen molar-refractivity contribution in [2.45, 2.75) is 32.1 Å². The highest BCUT2D eigenvalue weighted by Crippen LogP contribution is 2.45. The SMILES string of the molecule is CC1(C)C(=O)N(CCCCS(=O)(=O)O)c2ccc3ccccc3c21. The van der Waals surface area contributed by atoms with E-state index in [-0.39, 0.29) is 11.7 Å². The maximum absolute atomic E-state index is 12.9. The number of unbranched alkanes of at least 4 members (excludes halogenated alkanes) is 1. The Kier molecular flexibility index (Phi) is 4.13. The molecule has 2 aromatic carbocycles. The highest BCUT2D eigenvalue weighted by Gasteiger charge is 2.44. The number of hydrogen-bond acceptors (Lipinski definition) is 3. The van der Waals surface area contributed by atoms with Crippen LogP contribution in [-0.2, 0) is 20.3 Å². The molecule has 0 radical (unpaired) electrons. The van der Waals surface area contributed by atoms with E-state index in [0.717, 1.165) is 22.0 Å². The minimum atomic E-state index is -3.95. The van der Waals surface area contributed by atoms with E-state index >= 15 is 0 Å². The van der Waals surface area contributed by atoms with Gasteiger partial charge < -0.3 is 4.90 Å². The van der Waals surface area contributed by atoms with Crippen molar-refractivity contribution in [1.82, 2.24) is 0 Å². The third kappa shape index (κ3) is 2.91. The first-order chi connectivity index (χ1) is 11.2. The summed E-state index contributed by atoms with van der Waals surface area (Å²) < 4.78 is 30.4. The summed E-state index contributed by atoms with van der Waals surface area (Å²) in [6, 6.07) is 12.0. The van der Waals surface area contributed by atoms with Gasteiger partial charge in [-0.25, -0.2) is 0 Å². The lowest BCUT2D eigenvalue weighted by Crippen LogP contribution is -2.36. The zero-order chi connectivity index (χ0) is 17.5. The zero-order valence-corrected chi connectivity index (χ0v) is 14.6. The highest BCUT2D eigenvalue weighted by molar-refractivity contribution is 7.85. The van der Waals surface area contributed by atoms with Gasteiger partial charge in [-0.1, -0.05) is 30.3 Å². The summed E-state index contributed by atoms with van der Waals surface area (Å²) in [5.41, 5.74) is 1.31. The molecule has 1 heterocycles. The number of rotatable bonds is 5. The van der Waals surface area contributed by atoms with Crippen molar-refractivity contribution in [2.24, 2.45) is 0 Å². The second-order valence-electron chi connectivity index (χ2n) is 6.76. The number of carbonyl (C=O) groups excluding carboxylic acids is 1. The zero-order valence-electron chi connectivity index (χ0n) is 13.8. The van der Waals surface area contributed by atoms with Crippen LogP contribution in [0.1, 0.15) is 32.3 Å². The molecule has 0 unspecified atom stereocenters. The summed E-state index contributed by atoms with van der Waals surface area (Å²) in [5, 5.41) is 2.18. The first-order valence-electron chi connectivity index (χ1n) is 8.01. The van der Waals surface area contributed by atoms with Gasteiger partial charge in [-0.05, 0) is 49.1 Å². The number of benzene rings is 2. The molecule has 0 fully saturated rings. The van der Waals surface area contributed by atoms with Gasteiger partial charge in [-0.3, -0.25) is 9.35 Å². The summed E-state index contributed by atoms with van der Waals surface area (Å²) in [7, 11) is -3.95. The monoisotopic (exact) mass is 347 g/mol. The van der Waals surface area contributed by atoms with Crippen molar-refractivity contribution in [3.05, 3.63) is 42.0 Å². The molecule has 24 heavy (non-hydrogen) atoms. The predicted molar refractivity (Wildman–Crippen MR) is 95.0 cm³/mol. The van der Waals surface area contributed by atoms with Crippen LogP contribution in [0.4, 0.5) is 5.69 Å². The molecular weight excluding hydrogens is 326 g/mol. The van der Waals surface area contributed by atoms with Crippen molar-refractivity contribution >= 4 is 32.5 Å². The number of amides is 1. The normalized spacial score (nSPS) is 16.6. The van der Waals surface area contributed by atoms with Crippen LogP contribution in [0.15, 0.2) is 36.4 Å². The lowest BCUT2D eigenvalue weighted by atomic mass is 9.83. The van der Waals surface area contributed by atoms with Crippen LogP contribution in [0.3, 0.4) is 0 Å². The number of hydrogen-bond donors (Lipinski definition) is 1. The summed E-state index contributed by atoms with van der Waals surface area (Å²) >= 11 is 0. The van der Waals surface area contributed by atoms with E-state index in [2.05, 4.69) is 0 Å². The topological polar surface area (TPSA) is 74.7 Å². The van der Waals surface area contributed by atoms with E-state index in [9.17, 15) is 13.2 Å². The lowest BCUT2D eigenvalue weighted by Gasteiger charge is -2.20. The average Bonchev–Trinajstić information content (AvgIpc) is 2.71. The van der Waals surface area contributed by atoms with Gasteiger partial charge >= 0.3 is 0 Å². The molecule has 0 atom stereocenters. The largest absolute Gasteiger partial charge is 0.311 e. The molecule has 1 aliphatic rings. The molecule has 1 N–H and O–H groups in total. The molecule has 0 bridgehead atoms. The molecule has 0 saturated carbocycles. The van der Waals surface area contributed by atoms with Gasteiger partial charge in [0.1, 0.15) is 0 Å². The lowest BCUT2D eigenvalue weighted by molar-refractivity contribution is -0.122. The Hall–Kier alpha value is -1.92. The fourth-order valence-electron chi connectivity index (χ4n) is 3.47. The Morgan fingerprint density at radius 2 is 1.79 bits per heavy atom. The van der Waals surface area contributed by atoms with E-state index < -0.39 is 15.5 Å². The van der Waals surface area contributed by atoms with Gasteiger partial charge in [-0.2, -0.15) is 8.42 Å². The van der Waals surface area contributed by atoms with Crippen LogP contribution in [0.25, 0.3) is 10.8 Å². The molecule has 0 aromatic heterocycles. The van der Waals surface area contributed by atoms with Crippen molar-refractivity contribution < 1.29 is 17.8 Å². The van der Waals surface area contributed by atoms with Crippen LogP contribution >= 0.6 is 0 Å². The Bertz CT molecular complexity index is 902. The summed E-state index contributed by atoms with van der Waals surface area (Å²) in [6.07, 6.45) is 0.847. The predicted octanol–water partition coefficient (Wildman–Crippen LogP) is 3.13. The third-order valence-electron chi connectivity index (χ3n) is 4.64. The quantitative estimate of drug-likeness (QED) is 0.666. The molecule has 0 saturated heterocycles. The molecule has 1 aliphatic heterocycles. The summed E-state index contributed by atoms with van der Waals surface area (Å²) in [5.74, 6) is -0.246. The molecule has 0 aliphatic carbocycles. The number of fused-ring (bicyclic) bond motifs is 3. The van der Waals surface area contributed by atoms with E-state index in [1.54, 1.807) is 4.90 Å². The molecule has 6 heteroatoms. The fraction of sp³-hybridized carbons (Fsp3) is 0.389. The first kappa shape index (κ1) is 16.9. The molecule has 0 spiro atoms. The maximum atomic E-state index is 12.9. The molecular formula is C18H21NO4S. The number of anilines is 1. The van der Waals surface area contributed by atoms with Crippen LogP contribution in [-0.4, -0.2) is 31.2 Å². The fourth-order valence-corrected chi connectivity index (χ4v) is 4.04. The van der Waals surface area contributed by atoms with E-state index in [0.29, 0.717) is 19.4 Å². The van der Waals surface area contributed by atoms with Crippen molar-refractivity contribution in [3.63, 3.8) is 0 Å². The van der Waals surface area contributed by atoms with E-state index in [1.165, 1.54) is 0 Å². The average molecular weight is 347 g/mol. The van der Waals surface area contributed by atoms with Crippen LogP contribution < -0.4 is 4.90 Å². The first-order valence-corrected chi connectivity index (χ1v) is 9.62. The van der Waals surface area contributed by atoms with Gasteiger partial charge in [-0.15, -0.1) is 0 Å². The Morgan fingerprint density at radius 3 is 2.50 bits per heavy atom. The molecule has 3 rings (SSSR count). The van der Waals surface area contributed by atoms with Gasteiger partial charge in [0.2, 0.25) is 5.91 Å². The van der Waals surface area contributed by atoms with E-state index in [1.807, 2.05) is 50.2 Å². The van der Waals surface area contributed by atoms with Gasteiger partial charge in [0.05, 0.1) is 11.2 Å². The second-order valence-corrected chi connectivity index (χ2v) is 8.33. The van der Waals surface area contributed by atoms with Crippen molar-refractivity contribution in [1.29, 1.82) is 0 Å². The van der Waals surface area contributed by atoms with Gasteiger partial charge in [0.25, 0.3) is 10.1 Å².